The highest BCUT2D eigenvalue weighted by atomic mass is 19.1. The van der Waals surface area contributed by atoms with Gasteiger partial charge in [0.25, 0.3) is 0 Å². The van der Waals surface area contributed by atoms with Gasteiger partial charge in [-0.05, 0) is 18.2 Å². The maximum absolute atomic E-state index is 13.1. The lowest BCUT2D eigenvalue weighted by Crippen LogP contribution is -2.39. The Bertz CT molecular complexity index is 472. The predicted octanol–water partition coefficient (Wildman–Crippen LogP) is 1.74. The van der Waals surface area contributed by atoms with Gasteiger partial charge in [-0.1, -0.05) is 0 Å². The number of nitrogens with one attached hydrogen (secondary N) is 1. The first kappa shape index (κ1) is 13.8. The van der Waals surface area contributed by atoms with Crippen molar-refractivity contribution in [1.82, 2.24) is 0 Å². The van der Waals surface area contributed by atoms with Crippen LogP contribution in [0.4, 0.5) is 10.1 Å². The number of anilines is 1. The highest BCUT2D eigenvalue weighted by Gasteiger charge is 2.34. The Morgan fingerprint density at radius 1 is 1.63 bits per heavy atom. The van der Waals surface area contributed by atoms with Crippen LogP contribution >= 0.6 is 0 Å². The summed E-state index contributed by atoms with van der Waals surface area (Å²) < 4.78 is 23.8. The minimum absolute atomic E-state index is 0.0924. The third kappa shape index (κ3) is 3.02. The van der Waals surface area contributed by atoms with Crippen molar-refractivity contribution in [3.63, 3.8) is 0 Å². The molecular weight excluding hydrogens is 253 g/mol. The first-order valence-corrected chi connectivity index (χ1v) is 5.96. The standard InChI is InChI=1S/C13H16FNO4/c1-18-13(4-5-19-8-13)7-15-11-3-2-9(14)6-10(11)12(16)17/h2-3,6,15H,4-5,7-8H2,1H3,(H,16,17). The van der Waals surface area contributed by atoms with Crippen molar-refractivity contribution in [3.05, 3.63) is 29.6 Å². The largest absolute Gasteiger partial charge is 0.478 e. The first-order chi connectivity index (χ1) is 9.06. The van der Waals surface area contributed by atoms with Gasteiger partial charge in [-0.15, -0.1) is 0 Å². The van der Waals surface area contributed by atoms with E-state index in [2.05, 4.69) is 5.32 Å². The van der Waals surface area contributed by atoms with Crippen LogP contribution in [0.1, 0.15) is 16.8 Å². The number of aromatic carboxylic acids is 1. The van der Waals surface area contributed by atoms with Crippen molar-refractivity contribution in [2.24, 2.45) is 0 Å². The van der Waals surface area contributed by atoms with Gasteiger partial charge in [0.1, 0.15) is 11.4 Å². The maximum Gasteiger partial charge on any atom is 0.337 e. The minimum atomic E-state index is -1.17. The fraction of sp³-hybridized carbons (Fsp3) is 0.462. The molecule has 1 unspecified atom stereocenters. The number of rotatable bonds is 5. The lowest BCUT2D eigenvalue weighted by molar-refractivity contribution is -0.00622. The van der Waals surface area contributed by atoms with Gasteiger partial charge in [0.05, 0.1) is 12.2 Å². The van der Waals surface area contributed by atoms with E-state index in [0.29, 0.717) is 25.4 Å². The second-order valence-electron chi connectivity index (χ2n) is 4.54. The van der Waals surface area contributed by atoms with Gasteiger partial charge >= 0.3 is 5.97 Å². The van der Waals surface area contributed by atoms with Crippen molar-refractivity contribution in [2.45, 2.75) is 12.0 Å². The molecule has 6 heteroatoms. The van der Waals surface area contributed by atoms with Gasteiger partial charge in [-0.2, -0.15) is 0 Å². The molecule has 1 fully saturated rings. The number of benzene rings is 1. The van der Waals surface area contributed by atoms with Crippen molar-refractivity contribution in [2.75, 3.05) is 32.2 Å². The summed E-state index contributed by atoms with van der Waals surface area (Å²) in [5.74, 6) is -1.75. The summed E-state index contributed by atoms with van der Waals surface area (Å²) in [6, 6.07) is 3.63. The Labute approximate surface area is 110 Å². The second kappa shape index (κ2) is 5.54. The number of hydrogen-bond acceptors (Lipinski definition) is 4. The summed E-state index contributed by atoms with van der Waals surface area (Å²) in [4.78, 5) is 11.1. The van der Waals surface area contributed by atoms with E-state index in [4.69, 9.17) is 14.6 Å². The molecule has 1 atom stereocenters. The molecule has 2 N–H and O–H groups in total. The average Bonchev–Trinajstić information content (AvgIpc) is 2.86. The van der Waals surface area contributed by atoms with Gasteiger partial charge < -0.3 is 19.9 Å². The van der Waals surface area contributed by atoms with Crippen LogP contribution in [0.3, 0.4) is 0 Å². The van der Waals surface area contributed by atoms with Crippen LogP contribution in [-0.2, 0) is 9.47 Å². The fourth-order valence-corrected chi connectivity index (χ4v) is 2.06. The molecule has 0 bridgehead atoms. The van der Waals surface area contributed by atoms with Crippen LogP contribution in [0.2, 0.25) is 0 Å². The predicted molar refractivity (Wildman–Crippen MR) is 67.0 cm³/mol. The summed E-state index contributed by atoms with van der Waals surface area (Å²) in [5.41, 5.74) is -0.174. The Morgan fingerprint density at radius 2 is 2.42 bits per heavy atom. The molecule has 0 saturated carbocycles. The van der Waals surface area contributed by atoms with Crippen LogP contribution in [0.15, 0.2) is 18.2 Å². The van der Waals surface area contributed by atoms with E-state index in [1.807, 2.05) is 0 Å². The van der Waals surface area contributed by atoms with E-state index in [1.165, 1.54) is 12.1 Å². The number of carboxylic acids is 1. The Morgan fingerprint density at radius 3 is 3.00 bits per heavy atom. The molecule has 0 aliphatic carbocycles. The maximum atomic E-state index is 13.1. The Balaban J connectivity index is 2.13. The van der Waals surface area contributed by atoms with E-state index in [9.17, 15) is 9.18 Å². The van der Waals surface area contributed by atoms with Gasteiger partial charge in [-0.3, -0.25) is 0 Å². The zero-order valence-corrected chi connectivity index (χ0v) is 10.6. The number of ether oxygens (including phenoxy) is 2. The number of hydrogen-bond donors (Lipinski definition) is 2. The van der Waals surface area contributed by atoms with Gasteiger partial charge in [0, 0.05) is 32.4 Å². The zero-order chi connectivity index (χ0) is 13.9. The lowest BCUT2D eigenvalue weighted by atomic mass is 10.0. The van der Waals surface area contributed by atoms with Crippen LogP contribution in [0.5, 0.6) is 0 Å². The van der Waals surface area contributed by atoms with Gasteiger partial charge in [0.15, 0.2) is 0 Å². The van der Waals surface area contributed by atoms with Crippen molar-refractivity contribution in [1.29, 1.82) is 0 Å². The topological polar surface area (TPSA) is 67.8 Å². The zero-order valence-electron chi connectivity index (χ0n) is 10.6. The van der Waals surface area contributed by atoms with Crippen LogP contribution in [0.25, 0.3) is 0 Å². The molecule has 0 aromatic heterocycles. The fourth-order valence-electron chi connectivity index (χ4n) is 2.06. The molecule has 5 nitrogen and oxygen atoms in total. The molecule has 2 rings (SSSR count). The quantitative estimate of drug-likeness (QED) is 0.852. The normalized spacial score (nSPS) is 22.4. The van der Waals surface area contributed by atoms with E-state index < -0.39 is 17.4 Å². The third-order valence-corrected chi connectivity index (χ3v) is 3.31. The number of carbonyl (C=O) groups is 1. The highest BCUT2D eigenvalue weighted by Crippen LogP contribution is 2.24. The molecule has 1 aromatic rings. The number of carboxylic acid groups (broad SMARTS) is 1. The van der Waals surface area contributed by atoms with E-state index in [0.717, 1.165) is 12.5 Å². The number of halogens is 1. The highest BCUT2D eigenvalue weighted by molar-refractivity contribution is 5.94. The third-order valence-electron chi connectivity index (χ3n) is 3.31. The monoisotopic (exact) mass is 269 g/mol. The molecule has 1 aliphatic rings. The summed E-state index contributed by atoms with van der Waals surface area (Å²) in [6.07, 6.45) is 0.736. The SMILES string of the molecule is COC1(CNc2ccc(F)cc2C(=O)O)CCOC1. The molecule has 19 heavy (non-hydrogen) atoms. The summed E-state index contributed by atoms with van der Waals surface area (Å²) in [5, 5.41) is 12.0. The molecule has 0 radical (unpaired) electrons. The van der Waals surface area contributed by atoms with Crippen LogP contribution < -0.4 is 5.32 Å². The van der Waals surface area contributed by atoms with Crippen molar-refractivity contribution >= 4 is 11.7 Å². The van der Waals surface area contributed by atoms with Crippen molar-refractivity contribution in [3.8, 4) is 0 Å². The van der Waals surface area contributed by atoms with Crippen LogP contribution in [-0.4, -0.2) is 43.5 Å². The summed E-state index contributed by atoms with van der Waals surface area (Å²) in [7, 11) is 1.60. The average molecular weight is 269 g/mol. The van der Waals surface area contributed by atoms with Gasteiger partial charge in [-0.25, -0.2) is 9.18 Å². The first-order valence-electron chi connectivity index (χ1n) is 5.96. The molecular formula is C13H16FNO4. The smallest absolute Gasteiger partial charge is 0.337 e. The van der Waals surface area contributed by atoms with E-state index >= 15 is 0 Å². The molecule has 1 aliphatic heterocycles. The van der Waals surface area contributed by atoms with Gasteiger partial charge in [0.2, 0.25) is 0 Å². The summed E-state index contributed by atoms with van der Waals surface area (Å²) in [6.45, 7) is 1.49. The van der Waals surface area contributed by atoms with Crippen molar-refractivity contribution < 1.29 is 23.8 Å². The molecule has 0 amide bonds. The Hall–Kier alpha value is -1.66. The summed E-state index contributed by atoms with van der Waals surface area (Å²) >= 11 is 0. The van der Waals surface area contributed by atoms with E-state index in [-0.39, 0.29) is 5.56 Å². The molecule has 1 aromatic carbocycles. The lowest BCUT2D eigenvalue weighted by Gasteiger charge is -2.26. The number of methoxy groups -OCH3 is 1. The minimum Gasteiger partial charge on any atom is -0.478 e. The van der Waals surface area contributed by atoms with Crippen LogP contribution in [0, 0.1) is 5.82 Å². The molecule has 1 saturated heterocycles. The molecule has 104 valence electrons. The molecule has 1 heterocycles. The second-order valence-corrected chi connectivity index (χ2v) is 4.54. The Kier molecular flexibility index (Phi) is 4.01. The van der Waals surface area contributed by atoms with E-state index in [1.54, 1.807) is 7.11 Å². The molecule has 0 spiro atoms.